The Morgan fingerprint density at radius 3 is 3.00 bits per heavy atom. The van der Waals surface area contributed by atoms with Crippen molar-refractivity contribution < 1.29 is 9.53 Å². The molecule has 32 heavy (non-hydrogen) atoms. The summed E-state index contributed by atoms with van der Waals surface area (Å²) in [7, 11) is 1.70. The van der Waals surface area contributed by atoms with Crippen molar-refractivity contribution in [3.05, 3.63) is 42.1 Å². The first kappa shape index (κ1) is 20.3. The van der Waals surface area contributed by atoms with Crippen LogP contribution >= 0.6 is 0 Å². The summed E-state index contributed by atoms with van der Waals surface area (Å²) < 4.78 is 7.56. The van der Waals surface area contributed by atoms with Crippen LogP contribution in [0.5, 0.6) is 5.75 Å². The number of aryl methyl sites for hydroxylation is 1. The standard InChI is InChI=1S/C27H35N3O2/c1-32-23-7-8-25-19(17-23)9-13-28(25)14-10-26(31)30-12-4-5-20-15-21-16-22(27(20)30)18-29-11-3-2-6-24(21)29/h7-9,13,15,17,21-22,24,27H,2-6,10-12,14,16,18H2,1H3/t21-,22-,24+,27+/m0/s1. The number of carbonyl (C=O) groups is 1. The summed E-state index contributed by atoms with van der Waals surface area (Å²) in [6.45, 7) is 4.11. The Hall–Kier alpha value is -2.27. The lowest BCUT2D eigenvalue weighted by Gasteiger charge is -2.54. The van der Waals surface area contributed by atoms with E-state index in [1.54, 1.807) is 12.7 Å². The Morgan fingerprint density at radius 2 is 2.09 bits per heavy atom. The summed E-state index contributed by atoms with van der Waals surface area (Å²) in [6, 6.07) is 9.38. The first-order valence-corrected chi connectivity index (χ1v) is 12.6. The number of likely N-dealkylation sites (tertiary alicyclic amines) is 1. The topological polar surface area (TPSA) is 37.7 Å². The highest BCUT2D eigenvalue weighted by atomic mass is 16.5. The van der Waals surface area contributed by atoms with E-state index in [1.165, 1.54) is 50.7 Å². The van der Waals surface area contributed by atoms with Gasteiger partial charge in [0.05, 0.1) is 13.2 Å². The van der Waals surface area contributed by atoms with Gasteiger partial charge in [-0.25, -0.2) is 0 Å². The fourth-order valence-electron chi connectivity index (χ4n) is 7.11. The molecular weight excluding hydrogens is 398 g/mol. The number of rotatable bonds is 4. The van der Waals surface area contributed by atoms with Crippen molar-refractivity contribution in [3.8, 4) is 5.75 Å². The van der Waals surface area contributed by atoms with E-state index in [9.17, 15) is 4.79 Å². The minimum Gasteiger partial charge on any atom is -0.497 e. The number of piperidine rings is 3. The molecule has 0 saturated carbocycles. The third-order valence-corrected chi connectivity index (χ3v) is 8.52. The minimum atomic E-state index is 0.329. The van der Waals surface area contributed by atoms with Gasteiger partial charge in [-0.2, -0.15) is 0 Å². The average Bonchev–Trinajstić information content (AvgIpc) is 3.24. The zero-order chi connectivity index (χ0) is 21.7. The van der Waals surface area contributed by atoms with Crippen LogP contribution in [-0.4, -0.2) is 59.1 Å². The van der Waals surface area contributed by atoms with E-state index >= 15 is 0 Å². The number of hydrogen-bond donors (Lipinski definition) is 0. The van der Waals surface area contributed by atoms with E-state index in [2.05, 4.69) is 44.8 Å². The molecule has 3 saturated heterocycles. The smallest absolute Gasteiger partial charge is 0.224 e. The van der Waals surface area contributed by atoms with Crippen molar-refractivity contribution in [3.63, 3.8) is 0 Å². The molecule has 2 aromatic rings. The van der Waals surface area contributed by atoms with Crippen LogP contribution in [0.25, 0.3) is 10.9 Å². The molecule has 1 aromatic heterocycles. The average molecular weight is 434 g/mol. The number of nitrogens with zero attached hydrogens (tertiary/aromatic N) is 3. The van der Waals surface area contributed by atoms with Crippen LogP contribution in [-0.2, 0) is 11.3 Å². The molecule has 4 heterocycles. The van der Waals surface area contributed by atoms with Crippen LogP contribution in [0.2, 0.25) is 0 Å². The van der Waals surface area contributed by atoms with Crippen molar-refractivity contribution in [1.82, 2.24) is 14.4 Å². The number of amides is 1. The molecule has 6 rings (SSSR count). The summed E-state index contributed by atoms with van der Waals surface area (Å²) in [5.41, 5.74) is 2.75. The maximum absolute atomic E-state index is 13.5. The van der Waals surface area contributed by atoms with Crippen molar-refractivity contribution >= 4 is 16.8 Å². The summed E-state index contributed by atoms with van der Waals surface area (Å²) in [5, 5.41) is 1.16. The fourth-order valence-corrected chi connectivity index (χ4v) is 7.11. The van der Waals surface area contributed by atoms with Gasteiger partial charge in [0.1, 0.15) is 5.75 Å². The Bertz CT molecular complexity index is 1040. The van der Waals surface area contributed by atoms with Gasteiger partial charge in [0, 0.05) is 49.2 Å². The highest BCUT2D eigenvalue weighted by molar-refractivity contribution is 5.82. The van der Waals surface area contributed by atoms with Gasteiger partial charge >= 0.3 is 0 Å². The van der Waals surface area contributed by atoms with E-state index in [1.807, 2.05) is 6.07 Å². The van der Waals surface area contributed by atoms with E-state index in [0.717, 1.165) is 42.6 Å². The monoisotopic (exact) mass is 433 g/mol. The Labute approximate surface area is 191 Å². The molecule has 0 spiro atoms. The Balaban J connectivity index is 1.18. The third-order valence-electron chi connectivity index (χ3n) is 8.52. The van der Waals surface area contributed by atoms with Gasteiger partial charge in [0.15, 0.2) is 0 Å². The molecule has 4 atom stereocenters. The molecule has 4 aliphatic rings. The zero-order valence-electron chi connectivity index (χ0n) is 19.2. The quantitative estimate of drug-likeness (QED) is 0.668. The van der Waals surface area contributed by atoms with E-state index in [-0.39, 0.29) is 0 Å². The van der Waals surface area contributed by atoms with Crippen LogP contribution in [0.3, 0.4) is 0 Å². The van der Waals surface area contributed by atoms with E-state index in [0.29, 0.717) is 24.3 Å². The summed E-state index contributed by atoms with van der Waals surface area (Å²) in [4.78, 5) is 18.5. The largest absolute Gasteiger partial charge is 0.497 e. The predicted molar refractivity (Wildman–Crippen MR) is 127 cm³/mol. The van der Waals surface area contributed by atoms with Crippen molar-refractivity contribution in [2.24, 2.45) is 11.8 Å². The SMILES string of the molecule is COc1ccc2c(ccn2CCC(=O)N2CCCC3=C[C@H]4C[C@@H](CN5CCCC[C@H]45)[C@@H]32)c1. The lowest BCUT2D eigenvalue weighted by Crippen LogP contribution is -2.60. The number of ether oxygens (including phenoxy) is 1. The van der Waals surface area contributed by atoms with Crippen molar-refractivity contribution in [2.75, 3.05) is 26.7 Å². The van der Waals surface area contributed by atoms with Crippen LogP contribution in [0, 0.1) is 11.8 Å². The lowest BCUT2D eigenvalue weighted by molar-refractivity contribution is -0.136. The van der Waals surface area contributed by atoms with E-state index in [4.69, 9.17) is 4.74 Å². The molecule has 5 nitrogen and oxygen atoms in total. The molecule has 0 unspecified atom stereocenters. The van der Waals surface area contributed by atoms with Gasteiger partial charge in [-0.15, -0.1) is 0 Å². The number of methoxy groups -OCH3 is 1. The molecule has 2 bridgehead atoms. The zero-order valence-corrected chi connectivity index (χ0v) is 19.2. The highest BCUT2D eigenvalue weighted by Crippen LogP contribution is 2.45. The van der Waals surface area contributed by atoms with Gasteiger partial charge in [-0.1, -0.05) is 18.1 Å². The number of carbonyl (C=O) groups excluding carboxylic acids is 1. The predicted octanol–water partition coefficient (Wildman–Crippen LogP) is 4.46. The molecule has 0 radical (unpaired) electrons. The summed E-state index contributed by atoms with van der Waals surface area (Å²) in [5.74, 6) is 2.55. The van der Waals surface area contributed by atoms with Crippen molar-refractivity contribution in [1.29, 1.82) is 0 Å². The van der Waals surface area contributed by atoms with Crippen LogP contribution in [0.4, 0.5) is 0 Å². The van der Waals surface area contributed by atoms with Gasteiger partial charge in [-0.3, -0.25) is 9.69 Å². The Kier molecular flexibility index (Phi) is 5.25. The highest BCUT2D eigenvalue weighted by Gasteiger charge is 2.46. The normalized spacial score (nSPS) is 29.9. The molecule has 5 heteroatoms. The van der Waals surface area contributed by atoms with Gasteiger partial charge in [-0.05, 0) is 74.8 Å². The minimum absolute atomic E-state index is 0.329. The van der Waals surface area contributed by atoms with E-state index < -0.39 is 0 Å². The second-order valence-electron chi connectivity index (χ2n) is 10.3. The number of fused-ring (bicyclic) bond motifs is 7. The number of hydrogen-bond acceptors (Lipinski definition) is 3. The van der Waals surface area contributed by atoms with Gasteiger partial charge < -0.3 is 14.2 Å². The molecule has 0 N–H and O–H groups in total. The maximum atomic E-state index is 13.5. The fraction of sp³-hybridized carbons (Fsp3) is 0.593. The maximum Gasteiger partial charge on any atom is 0.224 e. The van der Waals surface area contributed by atoms with Gasteiger partial charge in [0.25, 0.3) is 0 Å². The second-order valence-corrected chi connectivity index (χ2v) is 10.3. The summed E-state index contributed by atoms with van der Waals surface area (Å²) in [6.07, 6.45) is 13.0. The van der Waals surface area contributed by atoms with Crippen molar-refractivity contribution in [2.45, 2.75) is 63.6 Å². The molecular formula is C27H35N3O2. The molecule has 170 valence electrons. The molecule has 1 aromatic carbocycles. The second kappa shape index (κ2) is 8.26. The molecule has 1 aliphatic carbocycles. The first-order valence-electron chi connectivity index (χ1n) is 12.6. The molecule has 3 aliphatic heterocycles. The first-order chi connectivity index (χ1) is 15.7. The van der Waals surface area contributed by atoms with Crippen LogP contribution in [0.1, 0.15) is 44.9 Å². The number of benzene rings is 1. The van der Waals surface area contributed by atoms with Crippen LogP contribution in [0.15, 0.2) is 42.1 Å². The third kappa shape index (κ3) is 3.45. The number of aromatic nitrogens is 1. The van der Waals surface area contributed by atoms with Gasteiger partial charge in [0.2, 0.25) is 5.91 Å². The van der Waals surface area contributed by atoms with Crippen LogP contribution < -0.4 is 4.74 Å². The molecule has 1 amide bonds. The summed E-state index contributed by atoms with van der Waals surface area (Å²) >= 11 is 0. The lowest BCUT2D eigenvalue weighted by atomic mass is 9.68. The molecule has 3 fully saturated rings. The Morgan fingerprint density at radius 1 is 1.16 bits per heavy atom.